The van der Waals surface area contributed by atoms with Gasteiger partial charge in [0.05, 0.1) is 14.2 Å². The Morgan fingerprint density at radius 3 is 2.36 bits per heavy atom. The van der Waals surface area contributed by atoms with Crippen LogP contribution in [0.25, 0.3) is 0 Å². The minimum absolute atomic E-state index is 0.0801. The molecule has 0 unspecified atom stereocenters. The van der Waals surface area contributed by atoms with Crippen LogP contribution < -0.4 is 20.1 Å². The van der Waals surface area contributed by atoms with Crippen molar-refractivity contribution in [2.75, 3.05) is 40.5 Å². The predicted molar refractivity (Wildman–Crippen MR) is 117 cm³/mol. The summed E-state index contributed by atoms with van der Waals surface area (Å²) in [4.78, 5) is 4.79. The van der Waals surface area contributed by atoms with Crippen LogP contribution in [0.2, 0.25) is 0 Å². The monoisotopic (exact) mass is 393 g/mol. The first-order chi connectivity index (χ1) is 13.6. The Bertz CT molecular complexity index is 586. The van der Waals surface area contributed by atoms with E-state index in [1.54, 1.807) is 14.2 Å². The molecular weight excluding hydrogens is 354 g/mol. The lowest BCUT2D eigenvalue weighted by molar-refractivity contribution is 0.175. The van der Waals surface area contributed by atoms with Gasteiger partial charge in [-0.05, 0) is 62.1 Å². The number of guanidine groups is 1. The Morgan fingerprint density at radius 1 is 1.07 bits per heavy atom. The van der Waals surface area contributed by atoms with Crippen molar-refractivity contribution in [2.45, 2.75) is 52.9 Å². The number of hydrogen-bond acceptors (Lipinski definition) is 4. The summed E-state index contributed by atoms with van der Waals surface area (Å²) in [6.07, 6.45) is 4.77. The predicted octanol–water partition coefficient (Wildman–Crippen LogP) is 3.38. The normalized spacial score (nSPS) is 12.0. The molecule has 3 N–H and O–H groups in total. The Labute approximate surface area is 170 Å². The number of aliphatic hydroxyl groups excluding tert-OH is 1. The first kappa shape index (κ1) is 24.1. The summed E-state index contributed by atoms with van der Waals surface area (Å²) in [5.74, 6) is 2.37. The van der Waals surface area contributed by atoms with Crippen LogP contribution in [0.4, 0.5) is 0 Å². The number of rotatable bonds is 13. The van der Waals surface area contributed by atoms with Gasteiger partial charge in [-0.3, -0.25) is 4.99 Å². The molecule has 0 spiro atoms. The van der Waals surface area contributed by atoms with Crippen LogP contribution in [0.1, 0.15) is 52.0 Å². The van der Waals surface area contributed by atoms with E-state index in [1.807, 2.05) is 12.1 Å². The van der Waals surface area contributed by atoms with Crippen molar-refractivity contribution in [1.29, 1.82) is 0 Å². The van der Waals surface area contributed by atoms with Crippen molar-refractivity contribution >= 4 is 5.96 Å². The lowest BCUT2D eigenvalue weighted by Gasteiger charge is -2.29. The van der Waals surface area contributed by atoms with Crippen molar-refractivity contribution in [3.05, 3.63) is 23.8 Å². The first-order valence-corrected chi connectivity index (χ1v) is 10.4. The second-order valence-electron chi connectivity index (χ2n) is 7.10. The molecule has 0 atom stereocenters. The van der Waals surface area contributed by atoms with Gasteiger partial charge in [0.25, 0.3) is 0 Å². The molecule has 28 heavy (non-hydrogen) atoms. The number of nitrogens with zero attached hydrogens (tertiary/aromatic N) is 1. The SMILES string of the molecule is CCNC(=NCC(CC)(CC)CCO)NCCCc1ccc(OC)c(OC)c1. The van der Waals surface area contributed by atoms with E-state index < -0.39 is 0 Å². The molecule has 6 heteroatoms. The van der Waals surface area contributed by atoms with Gasteiger partial charge in [0.1, 0.15) is 0 Å². The zero-order chi connectivity index (χ0) is 20.8. The van der Waals surface area contributed by atoms with Crippen molar-refractivity contribution in [3.63, 3.8) is 0 Å². The maximum atomic E-state index is 9.39. The molecule has 0 fully saturated rings. The summed E-state index contributed by atoms with van der Waals surface area (Å²) in [6, 6.07) is 6.06. The van der Waals surface area contributed by atoms with Gasteiger partial charge in [0.15, 0.2) is 17.5 Å². The summed E-state index contributed by atoms with van der Waals surface area (Å²) in [5.41, 5.74) is 1.30. The molecule has 0 saturated heterocycles. The number of aliphatic hydroxyl groups is 1. The third-order valence-corrected chi connectivity index (χ3v) is 5.44. The van der Waals surface area contributed by atoms with E-state index >= 15 is 0 Å². The van der Waals surface area contributed by atoms with Gasteiger partial charge in [-0.1, -0.05) is 19.9 Å². The van der Waals surface area contributed by atoms with Gasteiger partial charge in [-0.25, -0.2) is 0 Å². The number of hydrogen-bond donors (Lipinski definition) is 3. The molecule has 6 nitrogen and oxygen atoms in total. The number of aliphatic imine (C=N–C) groups is 1. The second kappa shape index (κ2) is 13.3. The third-order valence-electron chi connectivity index (χ3n) is 5.44. The van der Waals surface area contributed by atoms with Gasteiger partial charge < -0.3 is 25.2 Å². The molecule has 0 aliphatic carbocycles. The van der Waals surface area contributed by atoms with Crippen LogP contribution >= 0.6 is 0 Å². The van der Waals surface area contributed by atoms with E-state index in [1.165, 1.54) is 5.56 Å². The molecule has 0 amide bonds. The van der Waals surface area contributed by atoms with E-state index in [4.69, 9.17) is 14.5 Å². The summed E-state index contributed by atoms with van der Waals surface area (Å²) in [5, 5.41) is 16.1. The van der Waals surface area contributed by atoms with Crippen LogP contribution in [0.3, 0.4) is 0 Å². The molecule has 160 valence electrons. The van der Waals surface area contributed by atoms with Crippen molar-refractivity contribution in [1.82, 2.24) is 10.6 Å². The topological polar surface area (TPSA) is 75.1 Å². The molecule has 0 radical (unpaired) electrons. The molecule has 0 aromatic heterocycles. The molecular formula is C22H39N3O3. The molecule has 0 heterocycles. The fourth-order valence-electron chi connectivity index (χ4n) is 3.27. The molecule has 1 aromatic carbocycles. The highest BCUT2D eigenvalue weighted by Gasteiger charge is 2.25. The lowest BCUT2D eigenvalue weighted by Crippen LogP contribution is -2.39. The Balaban J connectivity index is 2.59. The molecule has 0 aliphatic heterocycles. The summed E-state index contributed by atoms with van der Waals surface area (Å²) >= 11 is 0. The van der Waals surface area contributed by atoms with Crippen LogP contribution in [0.5, 0.6) is 11.5 Å². The van der Waals surface area contributed by atoms with Crippen molar-refractivity contribution in [3.8, 4) is 11.5 Å². The standard InChI is InChI=1S/C22H39N3O3/c1-6-22(7-2,13-15-26)17-25-21(23-8-3)24-14-9-10-18-11-12-19(27-4)20(16-18)28-5/h11-12,16,26H,6-10,13-15,17H2,1-5H3,(H2,23,24,25). The van der Waals surface area contributed by atoms with Gasteiger partial charge in [0, 0.05) is 26.2 Å². The number of methoxy groups -OCH3 is 2. The summed E-state index contributed by atoms with van der Waals surface area (Å²) in [6.45, 7) is 9.04. The van der Waals surface area contributed by atoms with Crippen molar-refractivity contribution < 1.29 is 14.6 Å². The minimum Gasteiger partial charge on any atom is -0.493 e. The maximum absolute atomic E-state index is 9.39. The van der Waals surface area contributed by atoms with Gasteiger partial charge in [0.2, 0.25) is 0 Å². The number of nitrogens with one attached hydrogen (secondary N) is 2. The van der Waals surface area contributed by atoms with E-state index in [0.29, 0.717) is 0 Å². The van der Waals surface area contributed by atoms with Crippen LogP contribution in [-0.4, -0.2) is 51.5 Å². The zero-order valence-corrected chi connectivity index (χ0v) is 18.3. The Morgan fingerprint density at radius 2 is 1.79 bits per heavy atom. The fraction of sp³-hybridized carbons (Fsp3) is 0.682. The molecule has 0 saturated carbocycles. The van der Waals surface area contributed by atoms with E-state index in [9.17, 15) is 5.11 Å². The summed E-state index contributed by atoms with van der Waals surface area (Å²) < 4.78 is 10.7. The molecule has 1 rings (SSSR count). The van der Waals surface area contributed by atoms with Crippen LogP contribution in [0.15, 0.2) is 23.2 Å². The first-order valence-electron chi connectivity index (χ1n) is 10.4. The van der Waals surface area contributed by atoms with E-state index in [2.05, 4.69) is 37.5 Å². The number of aryl methyl sites for hydroxylation is 1. The summed E-state index contributed by atoms with van der Waals surface area (Å²) in [7, 11) is 3.31. The quantitative estimate of drug-likeness (QED) is 0.272. The Kier molecular flexibility index (Phi) is 11.4. The van der Waals surface area contributed by atoms with Gasteiger partial charge >= 0.3 is 0 Å². The highest BCUT2D eigenvalue weighted by Crippen LogP contribution is 2.30. The Hall–Kier alpha value is -1.95. The average molecular weight is 394 g/mol. The largest absolute Gasteiger partial charge is 0.493 e. The third kappa shape index (κ3) is 7.58. The molecule has 0 bridgehead atoms. The highest BCUT2D eigenvalue weighted by atomic mass is 16.5. The number of ether oxygens (including phenoxy) is 2. The maximum Gasteiger partial charge on any atom is 0.191 e. The van der Waals surface area contributed by atoms with Gasteiger partial charge in [-0.15, -0.1) is 0 Å². The average Bonchev–Trinajstić information content (AvgIpc) is 2.73. The number of benzene rings is 1. The van der Waals surface area contributed by atoms with Gasteiger partial charge in [-0.2, -0.15) is 0 Å². The van der Waals surface area contributed by atoms with Crippen molar-refractivity contribution in [2.24, 2.45) is 10.4 Å². The van der Waals surface area contributed by atoms with E-state index in [0.717, 1.165) is 69.2 Å². The molecule has 1 aromatic rings. The fourth-order valence-corrected chi connectivity index (χ4v) is 3.27. The zero-order valence-electron chi connectivity index (χ0n) is 18.3. The van der Waals surface area contributed by atoms with Crippen LogP contribution in [-0.2, 0) is 6.42 Å². The van der Waals surface area contributed by atoms with E-state index in [-0.39, 0.29) is 12.0 Å². The lowest BCUT2D eigenvalue weighted by atomic mass is 9.79. The molecule has 0 aliphatic rings. The highest BCUT2D eigenvalue weighted by molar-refractivity contribution is 5.79. The second-order valence-corrected chi connectivity index (χ2v) is 7.10. The smallest absolute Gasteiger partial charge is 0.191 e. The van der Waals surface area contributed by atoms with Crippen LogP contribution in [0, 0.1) is 5.41 Å². The minimum atomic E-state index is 0.0801.